The van der Waals surface area contributed by atoms with E-state index < -0.39 is 11.7 Å². The van der Waals surface area contributed by atoms with Crippen molar-refractivity contribution in [2.45, 2.75) is 33.5 Å². The minimum absolute atomic E-state index is 0. The number of anilines is 1. The minimum atomic E-state index is -4.44. The number of nitrogens with one attached hydrogen (secondary N) is 3. The number of aliphatic imine (C=N–C) groups is 1. The van der Waals surface area contributed by atoms with Gasteiger partial charge in [0.05, 0.1) is 22.8 Å². The maximum atomic E-state index is 13.0. The van der Waals surface area contributed by atoms with Crippen molar-refractivity contribution < 1.29 is 13.2 Å². The summed E-state index contributed by atoms with van der Waals surface area (Å²) in [6.45, 7) is 7.68. The lowest BCUT2D eigenvalue weighted by Gasteiger charge is -2.14. The van der Waals surface area contributed by atoms with Gasteiger partial charge in [-0.3, -0.25) is 0 Å². The fourth-order valence-electron chi connectivity index (χ4n) is 2.35. The zero-order valence-corrected chi connectivity index (χ0v) is 19.0. The number of halogens is 4. The summed E-state index contributed by atoms with van der Waals surface area (Å²) in [6.07, 6.45) is -3.11. The average molecular weight is 528 g/mol. The van der Waals surface area contributed by atoms with Crippen LogP contribution < -0.4 is 16.0 Å². The van der Waals surface area contributed by atoms with Crippen LogP contribution in [0.2, 0.25) is 0 Å². The Labute approximate surface area is 183 Å². The monoisotopic (exact) mass is 528 g/mol. The second-order valence-electron chi connectivity index (χ2n) is 5.69. The Morgan fingerprint density at radius 3 is 2.57 bits per heavy atom. The van der Waals surface area contributed by atoms with Gasteiger partial charge in [-0.25, -0.2) is 15.0 Å². The Morgan fingerprint density at radius 2 is 1.96 bits per heavy atom. The van der Waals surface area contributed by atoms with E-state index >= 15 is 0 Å². The first-order chi connectivity index (χ1) is 12.8. The molecule has 156 valence electrons. The molecule has 0 aromatic carbocycles. The standard InChI is InChI=1S/C17H23F3N6S.HI/c1-4-21-16(25-10-14-11(2)26-12(3)27-14)24-9-8-23-15-13(17(18,19)20)6-5-7-22-15;/h5-7H,4,8-10H2,1-3H3,(H,22,23)(H2,21,24,25);1H. The first-order valence-corrected chi connectivity index (χ1v) is 9.34. The zero-order chi connectivity index (χ0) is 19.9. The smallest absolute Gasteiger partial charge is 0.368 e. The quantitative estimate of drug-likeness (QED) is 0.220. The first kappa shape index (κ1) is 24.4. The van der Waals surface area contributed by atoms with Crippen LogP contribution in [0.1, 0.15) is 28.1 Å². The molecule has 2 aromatic heterocycles. The van der Waals surface area contributed by atoms with Crippen molar-refractivity contribution in [3.05, 3.63) is 39.5 Å². The van der Waals surface area contributed by atoms with Crippen molar-refractivity contribution >= 4 is 47.1 Å². The number of aromatic nitrogens is 2. The van der Waals surface area contributed by atoms with Crippen LogP contribution in [0.3, 0.4) is 0 Å². The molecule has 0 radical (unpaired) electrons. The van der Waals surface area contributed by atoms with Crippen LogP contribution in [-0.4, -0.2) is 35.6 Å². The molecule has 3 N–H and O–H groups in total. The topological polar surface area (TPSA) is 74.2 Å². The van der Waals surface area contributed by atoms with Crippen LogP contribution in [0.5, 0.6) is 0 Å². The highest BCUT2D eigenvalue weighted by Gasteiger charge is 2.33. The van der Waals surface area contributed by atoms with Crippen LogP contribution in [0.25, 0.3) is 0 Å². The van der Waals surface area contributed by atoms with E-state index in [1.54, 1.807) is 11.3 Å². The summed E-state index contributed by atoms with van der Waals surface area (Å²) in [5, 5.41) is 9.93. The highest BCUT2D eigenvalue weighted by atomic mass is 127. The largest absolute Gasteiger partial charge is 0.419 e. The van der Waals surface area contributed by atoms with E-state index in [1.807, 2.05) is 20.8 Å². The summed E-state index contributed by atoms with van der Waals surface area (Å²) >= 11 is 1.60. The summed E-state index contributed by atoms with van der Waals surface area (Å²) in [4.78, 5) is 13.7. The van der Waals surface area contributed by atoms with Gasteiger partial charge >= 0.3 is 6.18 Å². The number of guanidine groups is 1. The van der Waals surface area contributed by atoms with Gasteiger partial charge in [0.2, 0.25) is 0 Å². The van der Waals surface area contributed by atoms with Gasteiger partial charge in [-0.15, -0.1) is 35.3 Å². The summed E-state index contributed by atoms with van der Waals surface area (Å²) in [5.74, 6) is 0.423. The van der Waals surface area contributed by atoms with Crippen LogP contribution >= 0.6 is 35.3 Å². The van der Waals surface area contributed by atoms with Crippen molar-refractivity contribution in [3.8, 4) is 0 Å². The van der Waals surface area contributed by atoms with E-state index in [1.165, 1.54) is 12.3 Å². The third-order valence-corrected chi connectivity index (χ3v) is 4.61. The molecule has 11 heteroatoms. The molecule has 0 saturated carbocycles. The lowest BCUT2D eigenvalue weighted by Crippen LogP contribution is -2.39. The number of nitrogens with zero attached hydrogens (tertiary/aromatic N) is 3. The van der Waals surface area contributed by atoms with E-state index in [2.05, 4.69) is 30.9 Å². The molecule has 0 unspecified atom stereocenters. The average Bonchev–Trinajstić information content (AvgIpc) is 2.93. The molecule has 0 amide bonds. The molecule has 0 aliphatic heterocycles. The molecule has 28 heavy (non-hydrogen) atoms. The van der Waals surface area contributed by atoms with Gasteiger partial charge in [-0.05, 0) is 32.9 Å². The van der Waals surface area contributed by atoms with Crippen LogP contribution in [0, 0.1) is 13.8 Å². The lowest BCUT2D eigenvalue weighted by atomic mass is 10.2. The van der Waals surface area contributed by atoms with Crippen molar-refractivity contribution in [2.75, 3.05) is 25.0 Å². The SMILES string of the molecule is CCNC(=NCc1sc(C)nc1C)NCCNc1ncccc1C(F)(F)F.I. The fraction of sp³-hybridized carbons (Fsp3) is 0.471. The van der Waals surface area contributed by atoms with Gasteiger partial charge in [0.1, 0.15) is 5.82 Å². The second kappa shape index (κ2) is 11.4. The molecule has 2 rings (SSSR count). The van der Waals surface area contributed by atoms with Gasteiger partial charge < -0.3 is 16.0 Å². The molecule has 0 spiro atoms. The normalized spacial score (nSPS) is 11.7. The molecule has 6 nitrogen and oxygen atoms in total. The molecule has 0 fully saturated rings. The van der Waals surface area contributed by atoms with Crippen LogP contribution in [0.15, 0.2) is 23.3 Å². The van der Waals surface area contributed by atoms with E-state index in [0.717, 1.165) is 21.6 Å². The Balaban J connectivity index is 0.00000392. The van der Waals surface area contributed by atoms with E-state index in [9.17, 15) is 13.2 Å². The van der Waals surface area contributed by atoms with Crippen LogP contribution in [-0.2, 0) is 12.7 Å². The lowest BCUT2D eigenvalue weighted by molar-refractivity contribution is -0.137. The summed E-state index contributed by atoms with van der Waals surface area (Å²) in [5.41, 5.74) is 0.190. The maximum absolute atomic E-state index is 13.0. The molecule has 0 aliphatic carbocycles. The van der Waals surface area contributed by atoms with Gasteiger partial charge in [0, 0.05) is 30.7 Å². The van der Waals surface area contributed by atoms with Gasteiger partial charge in [0.25, 0.3) is 0 Å². The van der Waals surface area contributed by atoms with Crippen molar-refractivity contribution in [1.29, 1.82) is 0 Å². The maximum Gasteiger partial charge on any atom is 0.419 e. The molecular formula is C17H24F3IN6S. The Morgan fingerprint density at radius 1 is 1.21 bits per heavy atom. The predicted octanol–water partition coefficient (Wildman–Crippen LogP) is 3.96. The molecule has 0 saturated heterocycles. The van der Waals surface area contributed by atoms with Gasteiger partial charge in [-0.2, -0.15) is 13.2 Å². The number of rotatable bonds is 7. The molecule has 0 atom stereocenters. The van der Waals surface area contributed by atoms with Gasteiger partial charge in [0.15, 0.2) is 5.96 Å². The summed E-state index contributed by atoms with van der Waals surface area (Å²) in [6, 6.07) is 2.28. The number of thiazole rings is 1. The molecule has 0 bridgehead atoms. The summed E-state index contributed by atoms with van der Waals surface area (Å²) < 4.78 is 38.9. The third-order valence-electron chi connectivity index (χ3n) is 3.55. The Hall–Kier alpha value is -1.63. The van der Waals surface area contributed by atoms with E-state index in [-0.39, 0.29) is 36.3 Å². The number of hydrogen-bond donors (Lipinski definition) is 3. The highest BCUT2D eigenvalue weighted by Crippen LogP contribution is 2.33. The number of pyridine rings is 1. The Kier molecular flexibility index (Phi) is 9.93. The molecule has 0 aliphatic rings. The number of alkyl halides is 3. The van der Waals surface area contributed by atoms with Crippen molar-refractivity contribution in [3.63, 3.8) is 0 Å². The molecule has 2 heterocycles. The summed E-state index contributed by atoms with van der Waals surface area (Å²) in [7, 11) is 0. The highest BCUT2D eigenvalue weighted by molar-refractivity contribution is 14.0. The third kappa shape index (κ3) is 7.41. The second-order valence-corrected chi connectivity index (χ2v) is 6.98. The number of hydrogen-bond acceptors (Lipinski definition) is 5. The predicted molar refractivity (Wildman–Crippen MR) is 118 cm³/mol. The van der Waals surface area contributed by atoms with Crippen molar-refractivity contribution in [2.24, 2.45) is 4.99 Å². The first-order valence-electron chi connectivity index (χ1n) is 8.52. The van der Waals surface area contributed by atoms with E-state index in [4.69, 9.17) is 0 Å². The minimum Gasteiger partial charge on any atom is -0.368 e. The molecule has 2 aromatic rings. The van der Waals surface area contributed by atoms with Crippen LogP contribution in [0.4, 0.5) is 19.0 Å². The van der Waals surface area contributed by atoms with Gasteiger partial charge in [-0.1, -0.05) is 0 Å². The van der Waals surface area contributed by atoms with E-state index in [0.29, 0.717) is 25.6 Å². The zero-order valence-electron chi connectivity index (χ0n) is 15.9. The molecular weight excluding hydrogens is 504 g/mol. The van der Waals surface area contributed by atoms with Crippen molar-refractivity contribution in [1.82, 2.24) is 20.6 Å². The Bertz CT molecular complexity index is 778. The number of aryl methyl sites for hydroxylation is 2. The fourth-order valence-corrected chi connectivity index (χ4v) is 3.21.